The molecule has 302 valence electrons. The van der Waals surface area contributed by atoms with Gasteiger partial charge in [0.1, 0.15) is 0 Å². The van der Waals surface area contributed by atoms with Crippen molar-refractivity contribution >= 4 is 39.1 Å². The van der Waals surface area contributed by atoms with Gasteiger partial charge >= 0.3 is 0 Å². The van der Waals surface area contributed by atoms with E-state index in [-0.39, 0.29) is 0 Å². The summed E-state index contributed by atoms with van der Waals surface area (Å²) in [7, 11) is 0. The molecule has 0 saturated carbocycles. The van der Waals surface area contributed by atoms with Gasteiger partial charge in [-0.1, -0.05) is 188 Å². The van der Waals surface area contributed by atoms with Gasteiger partial charge in [-0.2, -0.15) is 9.97 Å². The number of rotatable bonds is 7. The number of hydrogen-bond acceptors (Lipinski definition) is 4. The molecule has 5 heteroatoms. The average molecular weight is 820 g/mol. The van der Waals surface area contributed by atoms with Gasteiger partial charge < -0.3 is 4.57 Å². The van der Waals surface area contributed by atoms with Crippen LogP contribution in [0.1, 0.15) is 27.8 Å². The van der Waals surface area contributed by atoms with Crippen LogP contribution < -0.4 is 4.90 Å². The first-order chi connectivity index (χ1) is 31.6. The van der Waals surface area contributed by atoms with E-state index in [0.29, 0.717) is 17.6 Å². The third-order valence-electron chi connectivity index (χ3n) is 12.8. The number of para-hydroxylation sites is 3. The Kier molecular flexibility index (Phi) is 8.87. The molecule has 0 fully saturated rings. The molecule has 0 saturated heterocycles. The maximum atomic E-state index is 5.27. The Morgan fingerprint density at radius 1 is 0.375 bits per heavy atom. The molecule has 0 spiro atoms. The van der Waals surface area contributed by atoms with Crippen LogP contribution in [0.15, 0.2) is 231 Å². The monoisotopic (exact) mass is 819 g/mol. The summed E-state index contributed by atoms with van der Waals surface area (Å²) in [5.41, 5.74) is 14.9. The van der Waals surface area contributed by atoms with Crippen molar-refractivity contribution in [2.45, 2.75) is 12.3 Å². The highest BCUT2D eigenvalue weighted by Gasteiger charge is 2.47. The molecule has 1 aliphatic rings. The zero-order valence-corrected chi connectivity index (χ0v) is 35.2. The SMILES string of the molecule is Cc1ccc(-n2c3ccccc3c3cc(-c4cccc(C5(c6ccccc6)c6ccccc6N(c6nc(-c7ccccc7)nc(-c7ccccc7)n6)c6ccccc65)c4)ccc32)cc1. The first-order valence-corrected chi connectivity index (χ1v) is 21.8. The standard InChI is InChI=1S/C59H41N5/c1-40-32-35-47(36-33-40)63-52-29-14-11-26-48(52)49-39-44(34-37-53(49)63)43-22-17-25-46(38-43)59(45-23-9-4-10-24-45)50-27-12-15-30-54(50)64(55-31-16-13-28-51(55)59)58-61-56(41-18-5-2-6-19-41)60-57(62-58)42-20-7-3-8-21-42/h2-39H,1H3. The van der Waals surface area contributed by atoms with Crippen LogP contribution >= 0.6 is 0 Å². The molecule has 0 N–H and O–H groups in total. The van der Waals surface area contributed by atoms with Crippen molar-refractivity contribution in [2.75, 3.05) is 4.90 Å². The van der Waals surface area contributed by atoms with E-state index in [1.807, 2.05) is 36.4 Å². The summed E-state index contributed by atoms with van der Waals surface area (Å²) in [5.74, 6) is 1.79. The van der Waals surface area contributed by atoms with Crippen molar-refractivity contribution < 1.29 is 0 Å². The number of hydrogen-bond donors (Lipinski definition) is 0. The second kappa shape index (κ2) is 15.2. The highest BCUT2D eigenvalue weighted by Crippen LogP contribution is 2.57. The van der Waals surface area contributed by atoms with E-state index in [1.54, 1.807) is 0 Å². The van der Waals surface area contributed by atoms with Crippen molar-refractivity contribution in [3.63, 3.8) is 0 Å². The lowest BCUT2D eigenvalue weighted by molar-refractivity contribution is 0.728. The molecule has 11 aromatic rings. The molecule has 12 rings (SSSR count). The van der Waals surface area contributed by atoms with Crippen LogP contribution in [0.4, 0.5) is 17.3 Å². The van der Waals surface area contributed by atoms with Crippen LogP contribution in [0.25, 0.3) is 61.4 Å². The smallest absolute Gasteiger partial charge is 0.238 e. The van der Waals surface area contributed by atoms with Crippen LogP contribution in [0, 0.1) is 6.92 Å². The van der Waals surface area contributed by atoms with Crippen molar-refractivity contribution in [1.82, 2.24) is 19.5 Å². The van der Waals surface area contributed by atoms with E-state index in [2.05, 4.69) is 211 Å². The van der Waals surface area contributed by atoms with E-state index in [4.69, 9.17) is 15.0 Å². The predicted octanol–water partition coefficient (Wildman–Crippen LogP) is 14.4. The van der Waals surface area contributed by atoms with Crippen LogP contribution in [0.2, 0.25) is 0 Å². The highest BCUT2D eigenvalue weighted by atomic mass is 15.3. The summed E-state index contributed by atoms with van der Waals surface area (Å²) in [6.07, 6.45) is 0. The van der Waals surface area contributed by atoms with Crippen LogP contribution in [-0.2, 0) is 5.41 Å². The molecule has 0 unspecified atom stereocenters. The summed E-state index contributed by atoms with van der Waals surface area (Å²) in [4.78, 5) is 17.8. The lowest BCUT2D eigenvalue weighted by atomic mass is 9.62. The van der Waals surface area contributed by atoms with Crippen molar-refractivity contribution in [3.05, 3.63) is 258 Å². The maximum absolute atomic E-state index is 5.27. The molecule has 9 aromatic carbocycles. The van der Waals surface area contributed by atoms with Gasteiger partial charge in [0.25, 0.3) is 0 Å². The first-order valence-electron chi connectivity index (χ1n) is 21.8. The number of fused-ring (bicyclic) bond motifs is 5. The third kappa shape index (κ3) is 5.97. The fourth-order valence-corrected chi connectivity index (χ4v) is 9.89. The first kappa shape index (κ1) is 37.4. The molecular weight excluding hydrogens is 779 g/mol. The minimum absolute atomic E-state index is 0.557. The highest BCUT2D eigenvalue weighted by molar-refractivity contribution is 6.10. The quantitative estimate of drug-likeness (QED) is 0.161. The third-order valence-corrected chi connectivity index (χ3v) is 12.8. The molecule has 0 bridgehead atoms. The van der Waals surface area contributed by atoms with Crippen molar-refractivity contribution in [2.24, 2.45) is 0 Å². The van der Waals surface area contributed by atoms with E-state index >= 15 is 0 Å². The fraction of sp³-hybridized carbons (Fsp3) is 0.0339. The van der Waals surface area contributed by atoms with E-state index in [1.165, 1.54) is 38.5 Å². The minimum Gasteiger partial charge on any atom is -0.309 e. The summed E-state index contributed by atoms with van der Waals surface area (Å²) in [6, 6.07) is 82.5. The zero-order valence-electron chi connectivity index (χ0n) is 35.2. The Morgan fingerprint density at radius 3 is 1.55 bits per heavy atom. The van der Waals surface area contributed by atoms with E-state index < -0.39 is 5.41 Å². The normalized spacial score (nSPS) is 12.9. The molecular formula is C59H41N5. The number of anilines is 3. The van der Waals surface area contributed by atoms with Crippen molar-refractivity contribution in [1.29, 1.82) is 0 Å². The van der Waals surface area contributed by atoms with Gasteiger partial charge in [0.2, 0.25) is 5.95 Å². The molecule has 0 amide bonds. The number of aromatic nitrogens is 4. The predicted molar refractivity (Wildman–Crippen MR) is 262 cm³/mol. The average Bonchev–Trinajstić information content (AvgIpc) is 3.70. The van der Waals surface area contributed by atoms with E-state index in [9.17, 15) is 0 Å². The topological polar surface area (TPSA) is 46.8 Å². The molecule has 0 aliphatic carbocycles. The minimum atomic E-state index is -0.704. The summed E-state index contributed by atoms with van der Waals surface area (Å²) >= 11 is 0. The Hall–Kier alpha value is -8.41. The van der Waals surface area contributed by atoms with Crippen LogP contribution in [-0.4, -0.2) is 19.5 Å². The second-order valence-corrected chi connectivity index (χ2v) is 16.5. The van der Waals surface area contributed by atoms with Gasteiger partial charge in [0, 0.05) is 27.6 Å². The number of aryl methyl sites for hydroxylation is 1. The van der Waals surface area contributed by atoms with Gasteiger partial charge in [-0.3, -0.25) is 4.90 Å². The van der Waals surface area contributed by atoms with Gasteiger partial charge in [0.05, 0.1) is 27.8 Å². The Bertz CT molecular complexity index is 3400. The molecule has 64 heavy (non-hydrogen) atoms. The van der Waals surface area contributed by atoms with Gasteiger partial charge in [0.15, 0.2) is 11.6 Å². The molecule has 5 nitrogen and oxygen atoms in total. The Labute approximate surface area is 372 Å². The lowest BCUT2D eigenvalue weighted by Gasteiger charge is -2.45. The van der Waals surface area contributed by atoms with Gasteiger partial charge in [-0.15, -0.1) is 0 Å². The Balaban J connectivity index is 1.08. The zero-order chi connectivity index (χ0) is 42.6. The molecule has 3 heterocycles. The molecule has 2 aromatic heterocycles. The maximum Gasteiger partial charge on any atom is 0.238 e. The largest absolute Gasteiger partial charge is 0.309 e. The summed E-state index contributed by atoms with van der Waals surface area (Å²) in [6.45, 7) is 2.14. The molecule has 0 radical (unpaired) electrons. The lowest BCUT2D eigenvalue weighted by Crippen LogP contribution is -2.38. The van der Waals surface area contributed by atoms with Gasteiger partial charge in [-0.05, 0) is 88.8 Å². The second-order valence-electron chi connectivity index (χ2n) is 16.5. The van der Waals surface area contributed by atoms with Gasteiger partial charge in [-0.25, -0.2) is 4.98 Å². The fourth-order valence-electron chi connectivity index (χ4n) is 9.89. The van der Waals surface area contributed by atoms with Crippen molar-refractivity contribution in [3.8, 4) is 39.6 Å². The summed E-state index contributed by atoms with van der Waals surface area (Å²) in [5, 5.41) is 2.46. The number of nitrogens with zero attached hydrogens (tertiary/aromatic N) is 5. The van der Waals surface area contributed by atoms with Crippen LogP contribution in [0.5, 0.6) is 0 Å². The van der Waals surface area contributed by atoms with E-state index in [0.717, 1.165) is 50.4 Å². The molecule has 0 atom stereocenters. The Morgan fingerprint density at radius 2 is 0.891 bits per heavy atom. The number of benzene rings is 9. The summed E-state index contributed by atoms with van der Waals surface area (Å²) < 4.78 is 2.38. The molecule has 1 aliphatic heterocycles. The van der Waals surface area contributed by atoms with Crippen LogP contribution in [0.3, 0.4) is 0 Å².